The van der Waals surface area contributed by atoms with Gasteiger partial charge in [0.25, 0.3) is 5.69 Å². The van der Waals surface area contributed by atoms with E-state index in [1.165, 1.54) is 11.1 Å². The molecule has 6 atom stereocenters. The molecule has 2 fully saturated rings. The molecule has 11 heteroatoms. The number of phenols is 1. The number of aliphatic hydroxyl groups is 1. The number of benzene rings is 1. The van der Waals surface area contributed by atoms with Crippen LogP contribution in [0.3, 0.4) is 0 Å². The topological polar surface area (TPSA) is 94.9 Å². The second-order valence-corrected chi connectivity index (χ2v) is 14.1. The standard InChI is InChI=1S/C17H19NO3.C4H10NO3PS2/c1-18-7-6-17-10-3-5-13(20)16(17)21-15-12(19)4-2-9(14(15)17)8-11(10)18;6-9(10,11)8-5-1-3-7-4-2-5/h2-5,10-11,13,16,19-20H,6-8H2,1H3;1-4H2,(H2,6,10,11)/t10-,11+,13-,16-,17-;/m0./s1. The Hall–Kier alpha value is -0.680. The fourth-order valence-corrected chi connectivity index (χ4v) is 7.07. The number of aliphatic hydroxyl groups excluding tert-OH is 1. The second-order valence-electron chi connectivity index (χ2n) is 9.04. The summed E-state index contributed by atoms with van der Waals surface area (Å²) in [4.78, 5) is 11.5. The average Bonchev–Trinajstić information content (AvgIpc) is 3.10. The smallest absolute Gasteiger partial charge is 0.258 e. The molecule has 2 saturated heterocycles. The third kappa shape index (κ3) is 3.83. The number of aromatic hydroxyl groups is 1. The lowest BCUT2D eigenvalue weighted by Gasteiger charge is -2.56. The van der Waals surface area contributed by atoms with Gasteiger partial charge in [-0.15, -0.1) is 0 Å². The zero-order chi connectivity index (χ0) is 22.7. The number of phenolic OH excluding ortho intramolecular Hbond substituents is 1. The molecule has 0 saturated carbocycles. The highest BCUT2D eigenvalue weighted by Crippen LogP contribution is 2.62. The van der Waals surface area contributed by atoms with Crippen molar-refractivity contribution in [3.63, 3.8) is 0 Å². The van der Waals surface area contributed by atoms with E-state index in [0.717, 1.165) is 19.4 Å². The van der Waals surface area contributed by atoms with Gasteiger partial charge in [-0.25, -0.2) is 4.62 Å². The molecule has 32 heavy (non-hydrogen) atoms. The molecule has 1 aromatic carbocycles. The number of nitrogens with zero attached hydrogens (tertiary/aromatic N) is 2. The summed E-state index contributed by atoms with van der Waals surface area (Å²) in [6.07, 6.45) is 5.18. The monoisotopic (exact) mass is 500 g/mol. The molecule has 176 valence electrons. The van der Waals surface area contributed by atoms with Crippen molar-refractivity contribution in [1.82, 2.24) is 9.96 Å². The summed E-state index contributed by atoms with van der Waals surface area (Å²) in [5, 5.41) is 22.2. The van der Waals surface area contributed by atoms with Gasteiger partial charge in [0.1, 0.15) is 12.2 Å². The van der Waals surface area contributed by atoms with Crippen molar-refractivity contribution in [2.75, 3.05) is 39.9 Å². The van der Waals surface area contributed by atoms with Gasteiger partial charge in [0.2, 0.25) is 0 Å². The lowest BCUT2D eigenvalue weighted by molar-refractivity contribution is -0.115. The van der Waals surface area contributed by atoms with Gasteiger partial charge in [-0.2, -0.15) is 5.06 Å². The first-order valence-corrected chi connectivity index (χ1v) is 14.7. The minimum Gasteiger partial charge on any atom is -0.504 e. The minimum absolute atomic E-state index is 0.160. The largest absolute Gasteiger partial charge is 0.504 e. The minimum atomic E-state index is -2.84. The van der Waals surface area contributed by atoms with Gasteiger partial charge in [0, 0.05) is 36.0 Å². The maximum absolute atomic E-state index is 10.4. The molecule has 0 radical (unpaired) electrons. The van der Waals surface area contributed by atoms with Crippen LogP contribution >= 0.6 is 17.9 Å². The second kappa shape index (κ2) is 8.52. The number of morpholine rings is 1. The molecule has 8 nitrogen and oxygen atoms in total. The van der Waals surface area contributed by atoms with Crippen LogP contribution in [0.5, 0.6) is 11.5 Å². The Kier molecular flexibility index (Phi) is 6.14. The zero-order valence-corrected chi connectivity index (χ0v) is 20.4. The lowest BCUT2D eigenvalue weighted by atomic mass is 9.53. The van der Waals surface area contributed by atoms with Crippen molar-refractivity contribution in [1.29, 1.82) is 0 Å². The number of ether oxygens (including phenoxy) is 2. The number of thiol groups is 1. The van der Waals surface area contributed by atoms with Crippen LogP contribution in [0.15, 0.2) is 24.3 Å². The number of hydroxylamine groups is 2. The Labute approximate surface area is 198 Å². The summed E-state index contributed by atoms with van der Waals surface area (Å²) >= 11 is 8.33. The fraction of sp³-hybridized carbons (Fsp3) is 0.619. The maximum atomic E-state index is 10.4. The predicted octanol–water partition coefficient (Wildman–Crippen LogP) is 1.59. The van der Waals surface area contributed by atoms with E-state index in [1.807, 2.05) is 12.1 Å². The van der Waals surface area contributed by atoms with E-state index in [-0.39, 0.29) is 17.3 Å². The van der Waals surface area contributed by atoms with Crippen LogP contribution < -0.4 is 4.74 Å². The molecule has 1 unspecified atom stereocenters. The van der Waals surface area contributed by atoms with E-state index in [2.05, 4.69) is 42.1 Å². The number of hydrogen-bond acceptors (Lipinski definition) is 8. The molecule has 0 amide bonds. The highest BCUT2D eigenvalue weighted by atomic mass is 32.9. The van der Waals surface area contributed by atoms with Crippen LogP contribution in [0, 0.1) is 5.92 Å². The van der Waals surface area contributed by atoms with Crippen LogP contribution in [-0.4, -0.2) is 83.2 Å². The molecule has 1 spiro atoms. The van der Waals surface area contributed by atoms with E-state index in [0.29, 0.717) is 44.0 Å². The molecule has 3 N–H and O–H groups in total. The van der Waals surface area contributed by atoms with Crippen molar-refractivity contribution >= 4 is 29.7 Å². The molecular formula is C21H29N2O6PS2. The van der Waals surface area contributed by atoms with E-state index in [9.17, 15) is 10.2 Å². The third-order valence-corrected chi connectivity index (χ3v) is 8.20. The van der Waals surface area contributed by atoms with Gasteiger partial charge in [0.05, 0.1) is 13.2 Å². The number of likely N-dealkylation sites (tertiary alicyclic amines) is 1. The van der Waals surface area contributed by atoms with E-state index >= 15 is 0 Å². The number of hydrogen-bond donors (Lipinski definition) is 4. The van der Waals surface area contributed by atoms with Gasteiger partial charge in [-0.1, -0.05) is 30.5 Å². The van der Waals surface area contributed by atoms with Gasteiger partial charge in [-0.05, 0) is 49.9 Å². The summed E-state index contributed by atoms with van der Waals surface area (Å²) in [7, 11) is 2.19. The Bertz CT molecular complexity index is 968. The van der Waals surface area contributed by atoms with Crippen molar-refractivity contribution in [3.8, 4) is 11.5 Å². The van der Waals surface area contributed by atoms with Gasteiger partial charge in [-0.3, -0.25) is 0 Å². The third-order valence-electron chi connectivity index (χ3n) is 7.34. The van der Waals surface area contributed by atoms with Crippen LogP contribution in [0.1, 0.15) is 17.5 Å². The molecule has 3 heterocycles. The highest BCUT2D eigenvalue weighted by Gasteiger charge is 2.64. The van der Waals surface area contributed by atoms with E-state index in [1.54, 1.807) is 11.1 Å². The van der Waals surface area contributed by atoms with Gasteiger partial charge < -0.3 is 29.5 Å². The maximum Gasteiger partial charge on any atom is 0.258 e. The molecular weight excluding hydrogens is 471 g/mol. The number of likely N-dealkylation sites (N-methyl/N-ethyl adjacent to an activating group) is 1. The SMILES string of the molecule is CN1CC[C@]23c4c5ccc(O)c4O[C@H]2[C@@H](O)C=C[C@H]3[C@H]1C5.OP(=S)(S)ON1CCOCC1. The average molecular weight is 501 g/mol. The first kappa shape index (κ1) is 23.1. The van der Waals surface area contributed by atoms with Crippen LogP contribution in [0.25, 0.3) is 0 Å². The van der Waals surface area contributed by atoms with E-state index in [4.69, 9.17) is 19.0 Å². The quantitative estimate of drug-likeness (QED) is 0.274. The molecule has 2 bridgehead atoms. The molecule has 6 rings (SSSR count). The van der Waals surface area contributed by atoms with E-state index < -0.39 is 11.8 Å². The molecule has 3 aliphatic heterocycles. The summed E-state index contributed by atoms with van der Waals surface area (Å²) in [6, 6.07) is 4.23. The van der Waals surface area contributed by atoms with Crippen LogP contribution in [0.4, 0.5) is 0 Å². The lowest BCUT2D eigenvalue weighted by Crippen LogP contribution is -2.64. The van der Waals surface area contributed by atoms with Gasteiger partial charge >= 0.3 is 0 Å². The fourth-order valence-electron chi connectivity index (χ4n) is 6.02. The molecule has 2 aliphatic carbocycles. The predicted molar refractivity (Wildman–Crippen MR) is 127 cm³/mol. The Morgan fingerprint density at radius 3 is 2.72 bits per heavy atom. The number of rotatable bonds is 2. The highest BCUT2D eigenvalue weighted by molar-refractivity contribution is 8.59. The first-order chi connectivity index (χ1) is 15.2. The van der Waals surface area contributed by atoms with Crippen LogP contribution in [-0.2, 0) is 33.0 Å². The van der Waals surface area contributed by atoms with Crippen molar-refractivity contribution < 1.29 is 29.2 Å². The Morgan fingerprint density at radius 2 is 2.00 bits per heavy atom. The van der Waals surface area contributed by atoms with Gasteiger partial charge in [0.15, 0.2) is 11.5 Å². The summed E-state index contributed by atoms with van der Waals surface area (Å²) in [6.45, 7) is 3.52. The van der Waals surface area contributed by atoms with Crippen LogP contribution in [0.2, 0.25) is 0 Å². The first-order valence-electron chi connectivity index (χ1n) is 10.9. The Morgan fingerprint density at radius 1 is 1.25 bits per heavy atom. The Balaban J connectivity index is 0.000000168. The van der Waals surface area contributed by atoms with Crippen molar-refractivity contribution in [2.24, 2.45) is 5.92 Å². The number of piperidine rings is 1. The summed E-state index contributed by atoms with van der Waals surface area (Å²) in [5.41, 5.74) is -0.546. The normalized spacial score (nSPS) is 37.0. The summed E-state index contributed by atoms with van der Waals surface area (Å²) in [5.74, 6) is 1.19. The molecule has 0 aromatic heterocycles. The zero-order valence-electron chi connectivity index (χ0n) is 17.8. The molecule has 1 aromatic rings. The van der Waals surface area contributed by atoms with Crippen molar-refractivity contribution in [2.45, 2.75) is 36.5 Å². The van der Waals surface area contributed by atoms with Crippen molar-refractivity contribution in [3.05, 3.63) is 35.4 Å². The molecule has 5 aliphatic rings. The summed E-state index contributed by atoms with van der Waals surface area (Å²) < 4.78 is 16.1.